The van der Waals surface area contributed by atoms with Gasteiger partial charge in [-0.25, -0.2) is 0 Å². The average Bonchev–Trinajstić information content (AvgIpc) is 2.40. The molecule has 0 aliphatic rings. The molecule has 2 rings (SSSR count). The number of para-hydroxylation sites is 2. The van der Waals surface area contributed by atoms with E-state index in [-0.39, 0.29) is 11.5 Å². The zero-order chi connectivity index (χ0) is 14.0. The Morgan fingerprint density at radius 1 is 0.722 bits per heavy atom. The molecular weight excluding hydrogens is 273 g/mol. The van der Waals surface area contributed by atoms with Gasteiger partial charge in [-0.3, -0.25) is 0 Å². The van der Waals surface area contributed by atoms with Gasteiger partial charge < -0.3 is 10.2 Å². The van der Waals surface area contributed by atoms with Crippen LogP contribution in [-0.4, -0.2) is 10.2 Å². The van der Waals surface area contributed by atoms with Crippen LogP contribution < -0.4 is 0 Å². The minimum atomic E-state index is 0.257. The number of nitrogens with one attached hydrogen (secondary N) is 1. The van der Waals surface area contributed by atoms with Gasteiger partial charge in [0.05, 0.1) is 0 Å². The summed E-state index contributed by atoms with van der Waals surface area (Å²) >= 11 is 2.81. The Bertz CT molecular complexity index is 389. The molecule has 0 heterocycles. The summed E-state index contributed by atoms with van der Waals surface area (Å²) in [5.41, 5.74) is 1.35. The van der Waals surface area contributed by atoms with Crippen molar-refractivity contribution in [2.45, 2.75) is 0 Å². The molecule has 2 aromatic carbocycles. The molecule has 99 valence electrons. The molecule has 0 saturated heterocycles. The first-order chi connectivity index (χ1) is 8.61. The maximum atomic E-state index is 8.86. The standard InChI is InChI=1S/2C7H7O.Co.HN/c2*1-6-4-2-3-5-7(6)8;;/h2*2-5,8H,1H2;;1H/q2*-1;;. The second kappa shape index (κ2) is 9.15. The van der Waals surface area contributed by atoms with E-state index in [0.29, 0.717) is 11.1 Å². The minimum absolute atomic E-state index is 0.257. The van der Waals surface area contributed by atoms with Crippen molar-refractivity contribution in [3.63, 3.8) is 0 Å². The summed E-state index contributed by atoms with van der Waals surface area (Å²) < 4.78 is 5.44. The van der Waals surface area contributed by atoms with Crippen LogP contribution in [0.3, 0.4) is 0 Å². The summed E-state index contributed by atoms with van der Waals surface area (Å²) in [7, 11) is 0. The van der Waals surface area contributed by atoms with Gasteiger partial charge in [0.15, 0.2) is 0 Å². The fraction of sp³-hybridized carbons (Fsp3) is 0. The van der Waals surface area contributed by atoms with Crippen LogP contribution in [0.25, 0.3) is 0 Å². The SMILES string of the molecule is [CH2-]c1ccccc1O.[CH2-]c1ccccc1O.[NH]=[Co]. The molecule has 4 heteroatoms. The summed E-state index contributed by atoms with van der Waals surface area (Å²) in [5.74, 6) is 0.514. The van der Waals surface area contributed by atoms with E-state index < -0.39 is 0 Å². The molecule has 0 aromatic heterocycles. The van der Waals surface area contributed by atoms with Gasteiger partial charge in [0.1, 0.15) is 0 Å². The Balaban J connectivity index is 0.000000283. The number of benzene rings is 2. The summed E-state index contributed by atoms with van der Waals surface area (Å²) in [5, 5.41) is 17.7. The molecule has 2 aromatic rings. The van der Waals surface area contributed by atoms with Gasteiger partial charge >= 0.3 is 20.0 Å². The first kappa shape index (κ1) is 16.1. The zero-order valence-corrected chi connectivity index (χ0v) is 10.8. The molecule has 0 fully saturated rings. The number of hydrogen-bond acceptors (Lipinski definition) is 3. The van der Waals surface area contributed by atoms with Crippen LogP contribution in [-0.2, 0) is 15.5 Å². The van der Waals surface area contributed by atoms with Crippen LogP contribution in [0.5, 0.6) is 11.5 Å². The first-order valence-electron chi connectivity index (χ1n) is 4.98. The topological polar surface area (TPSA) is 64.3 Å². The quantitative estimate of drug-likeness (QED) is 0.650. The summed E-state index contributed by atoms with van der Waals surface area (Å²) in [6.07, 6.45) is 0. The van der Waals surface area contributed by atoms with E-state index in [1.54, 1.807) is 36.4 Å². The summed E-state index contributed by atoms with van der Waals surface area (Å²) in [6.45, 7) is 7.14. The third kappa shape index (κ3) is 5.98. The van der Waals surface area contributed by atoms with Gasteiger partial charge in [0, 0.05) is 11.5 Å². The van der Waals surface area contributed by atoms with E-state index in [0.717, 1.165) is 0 Å². The molecule has 3 N–H and O–H groups in total. The molecule has 0 unspecified atom stereocenters. The van der Waals surface area contributed by atoms with E-state index in [1.807, 2.05) is 12.1 Å². The Labute approximate surface area is 115 Å². The molecule has 18 heavy (non-hydrogen) atoms. The molecule has 0 atom stereocenters. The van der Waals surface area contributed by atoms with E-state index >= 15 is 0 Å². The van der Waals surface area contributed by atoms with Gasteiger partial charge in [0.25, 0.3) is 0 Å². The first-order valence-corrected chi connectivity index (χ1v) is 5.50. The molecule has 3 nitrogen and oxygen atoms in total. The number of phenols is 2. The molecular formula is C14H15CoNO2-2. The number of hydrogen-bond donors (Lipinski definition) is 3. The molecule has 0 amide bonds. The van der Waals surface area contributed by atoms with Gasteiger partial charge in [-0.2, -0.15) is 37.1 Å². The Hall–Kier alpha value is -1.91. The second-order valence-corrected chi connectivity index (χ2v) is 3.26. The number of rotatable bonds is 0. The van der Waals surface area contributed by atoms with Crippen molar-refractivity contribution in [2.75, 3.05) is 0 Å². The van der Waals surface area contributed by atoms with E-state index in [2.05, 4.69) is 29.4 Å². The fourth-order valence-electron chi connectivity index (χ4n) is 1.02. The van der Waals surface area contributed by atoms with Gasteiger partial charge in [-0.05, 0) is 0 Å². The fourth-order valence-corrected chi connectivity index (χ4v) is 1.02. The number of phenolic OH excluding ortho intramolecular Hbond substituents is 2. The van der Waals surface area contributed by atoms with Crippen molar-refractivity contribution in [2.24, 2.45) is 0 Å². The van der Waals surface area contributed by atoms with E-state index in [1.165, 1.54) is 0 Å². The van der Waals surface area contributed by atoms with Crippen molar-refractivity contribution >= 4 is 0 Å². The zero-order valence-electron chi connectivity index (χ0n) is 9.76. The van der Waals surface area contributed by atoms with Crippen LogP contribution in [0.15, 0.2) is 48.5 Å². The molecule has 0 radical (unpaired) electrons. The third-order valence-corrected chi connectivity index (χ3v) is 1.98. The van der Waals surface area contributed by atoms with Crippen LogP contribution in [0, 0.1) is 18.3 Å². The van der Waals surface area contributed by atoms with Gasteiger partial charge in [-0.15, -0.1) is 12.1 Å². The van der Waals surface area contributed by atoms with Gasteiger partial charge in [0.2, 0.25) is 0 Å². The van der Waals surface area contributed by atoms with Crippen molar-refractivity contribution in [1.82, 2.24) is 0 Å². The molecule has 0 aliphatic carbocycles. The maximum absolute atomic E-state index is 8.86. The molecule has 0 saturated carbocycles. The van der Waals surface area contributed by atoms with E-state index in [4.69, 9.17) is 14.6 Å². The van der Waals surface area contributed by atoms with Crippen molar-refractivity contribution in [3.8, 4) is 11.5 Å². The Morgan fingerprint density at radius 2 is 1.00 bits per heavy atom. The van der Waals surface area contributed by atoms with Crippen LogP contribution in [0.4, 0.5) is 0 Å². The number of aromatic hydroxyl groups is 2. The van der Waals surface area contributed by atoms with Crippen LogP contribution in [0.2, 0.25) is 0 Å². The predicted octanol–water partition coefficient (Wildman–Crippen LogP) is 3.44. The molecule has 0 spiro atoms. The van der Waals surface area contributed by atoms with Crippen LogP contribution >= 0.6 is 0 Å². The molecule has 0 aliphatic heterocycles. The van der Waals surface area contributed by atoms with Crippen molar-refractivity contribution in [1.29, 1.82) is 4.41 Å². The summed E-state index contributed by atoms with van der Waals surface area (Å²) in [6, 6.07) is 14.0. The van der Waals surface area contributed by atoms with Gasteiger partial charge in [-0.1, -0.05) is 24.3 Å². The molecule has 0 bridgehead atoms. The summed E-state index contributed by atoms with van der Waals surface area (Å²) in [4.78, 5) is 0. The average molecular weight is 288 g/mol. The predicted molar refractivity (Wildman–Crippen MR) is 67.9 cm³/mol. The third-order valence-electron chi connectivity index (χ3n) is 1.98. The monoisotopic (exact) mass is 288 g/mol. The normalized spacial score (nSPS) is 8.28. The van der Waals surface area contributed by atoms with Crippen LogP contribution in [0.1, 0.15) is 11.1 Å². The van der Waals surface area contributed by atoms with Crippen molar-refractivity contribution < 1.29 is 25.8 Å². The Morgan fingerprint density at radius 3 is 1.17 bits per heavy atom. The second-order valence-electron chi connectivity index (χ2n) is 3.26. The van der Waals surface area contributed by atoms with Crippen molar-refractivity contribution in [3.05, 3.63) is 73.5 Å². The van der Waals surface area contributed by atoms with E-state index in [9.17, 15) is 0 Å². The Kier molecular flexibility index (Phi) is 8.18.